The van der Waals surface area contributed by atoms with Gasteiger partial charge in [0, 0.05) is 45.1 Å². The fourth-order valence-electron chi connectivity index (χ4n) is 4.27. The second kappa shape index (κ2) is 9.05. The highest BCUT2D eigenvalue weighted by atomic mass is 32.1. The fraction of sp³-hybridized carbons (Fsp3) is 0.200. The van der Waals surface area contributed by atoms with Gasteiger partial charge in [-0.25, -0.2) is 19.0 Å². The van der Waals surface area contributed by atoms with Gasteiger partial charge in [0.2, 0.25) is 5.82 Å². The molecule has 5 aromatic rings. The normalized spacial score (nSPS) is 14.6. The highest BCUT2D eigenvalue weighted by Gasteiger charge is 2.27. The number of carbonyl (C=O) groups is 1. The molecular weight excluding hydrogens is 465 g/mol. The van der Waals surface area contributed by atoms with E-state index in [-0.39, 0.29) is 17.5 Å². The first-order valence-corrected chi connectivity index (χ1v) is 12.2. The topological polar surface area (TPSA) is 71.6 Å². The summed E-state index contributed by atoms with van der Waals surface area (Å²) in [6, 6.07) is 15.8. The van der Waals surface area contributed by atoms with Crippen LogP contribution in [0.15, 0.2) is 72.4 Å². The first-order valence-electron chi connectivity index (χ1n) is 11.4. The number of aromatic nitrogens is 5. The molecule has 0 bridgehead atoms. The molecule has 1 aliphatic heterocycles. The van der Waals surface area contributed by atoms with Crippen LogP contribution in [0.1, 0.15) is 16.3 Å². The van der Waals surface area contributed by atoms with Gasteiger partial charge < -0.3 is 9.30 Å². The lowest BCUT2D eigenvalue weighted by Gasteiger charge is -2.33. The molecule has 35 heavy (non-hydrogen) atoms. The number of hydrogen-bond acceptors (Lipinski definition) is 6. The van der Waals surface area contributed by atoms with Crippen molar-refractivity contribution in [3.05, 3.63) is 89.7 Å². The Bertz CT molecular complexity index is 1430. The van der Waals surface area contributed by atoms with Crippen LogP contribution in [0.25, 0.3) is 22.0 Å². The maximum absolute atomic E-state index is 13.5. The number of fused-ring (bicyclic) bond motifs is 1. The van der Waals surface area contributed by atoms with E-state index in [1.165, 1.54) is 23.5 Å². The average molecular weight is 488 g/mol. The molecule has 8 nitrogen and oxygen atoms in total. The van der Waals surface area contributed by atoms with Crippen molar-refractivity contribution in [3.63, 3.8) is 0 Å². The van der Waals surface area contributed by atoms with Gasteiger partial charge in [-0.05, 0) is 47.8 Å². The lowest BCUT2D eigenvalue weighted by atomic mass is 10.3. The average Bonchev–Trinajstić information content (AvgIpc) is 3.63. The molecule has 1 amide bonds. The Balaban J connectivity index is 1.18. The van der Waals surface area contributed by atoms with Crippen molar-refractivity contribution in [2.75, 3.05) is 26.2 Å². The Hall–Kier alpha value is -3.89. The van der Waals surface area contributed by atoms with Gasteiger partial charge in [0.25, 0.3) is 5.91 Å². The maximum atomic E-state index is 13.5. The summed E-state index contributed by atoms with van der Waals surface area (Å²) in [5.41, 5.74) is 2.59. The van der Waals surface area contributed by atoms with Gasteiger partial charge in [-0.2, -0.15) is 0 Å². The molecule has 1 aliphatic rings. The number of imidazole rings is 1. The highest BCUT2D eigenvalue weighted by Crippen LogP contribution is 2.26. The van der Waals surface area contributed by atoms with E-state index in [9.17, 15) is 9.18 Å². The van der Waals surface area contributed by atoms with E-state index >= 15 is 0 Å². The van der Waals surface area contributed by atoms with Crippen molar-refractivity contribution < 1.29 is 9.18 Å². The number of pyridine rings is 1. The molecule has 0 atom stereocenters. The summed E-state index contributed by atoms with van der Waals surface area (Å²) >= 11 is 1.51. The van der Waals surface area contributed by atoms with E-state index in [1.54, 1.807) is 21.7 Å². The molecule has 6 rings (SSSR count). The van der Waals surface area contributed by atoms with E-state index in [0.29, 0.717) is 24.6 Å². The Kier molecular flexibility index (Phi) is 5.59. The summed E-state index contributed by atoms with van der Waals surface area (Å²) in [7, 11) is 0. The van der Waals surface area contributed by atoms with Gasteiger partial charge in [-0.3, -0.25) is 9.69 Å². The second-order valence-electron chi connectivity index (χ2n) is 8.39. The van der Waals surface area contributed by atoms with Crippen LogP contribution in [0.4, 0.5) is 4.39 Å². The van der Waals surface area contributed by atoms with E-state index in [0.717, 1.165) is 35.9 Å². The van der Waals surface area contributed by atoms with E-state index in [2.05, 4.69) is 20.0 Å². The zero-order valence-corrected chi connectivity index (χ0v) is 19.6. The van der Waals surface area contributed by atoms with Crippen molar-refractivity contribution in [1.29, 1.82) is 0 Å². The molecule has 0 aliphatic carbocycles. The van der Waals surface area contributed by atoms with E-state index in [4.69, 9.17) is 0 Å². The van der Waals surface area contributed by atoms with Crippen LogP contribution in [-0.2, 0) is 6.54 Å². The number of benzene rings is 1. The summed E-state index contributed by atoms with van der Waals surface area (Å²) in [5, 5.41) is 6.47. The van der Waals surface area contributed by atoms with Crippen molar-refractivity contribution in [1.82, 2.24) is 33.9 Å². The molecule has 0 radical (unpaired) electrons. The molecule has 0 unspecified atom stereocenters. The minimum Gasteiger partial charge on any atom is -0.333 e. The summed E-state index contributed by atoms with van der Waals surface area (Å²) in [5.74, 6) is 0.187. The molecule has 10 heteroatoms. The molecule has 4 aromatic heterocycles. The Labute approximate surface area is 204 Å². The number of rotatable bonds is 5. The van der Waals surface area contributed by atoms with Crippen LogP contribution >= 0.6 is 11.3 Å². The molecule has 176 valence electrons. The molecular formula is C25H22FN7OS. The predicted molar refractivity (Wildman–Crippen MR) is 131 cm³/mol. The maximum Gasteiger partial charge on any atom is 0.293 e. The smallest absolute Gasteiger partial charge is 0.293 e. The van der Waals surface area contributed by atoms with Crippen molar-refractivity contribution in [3.8, 4) is 16.4 Å². The zero-order valence-electron chi connectivity index (χ0n) is 18.8. The summed E-state index contributed by atoms with van der Waals surface area (Å²) in [6.45, 7) is 3.41. The Morgan fingerprint density at radius 2 is 1.80 bits per heavy atom. The quantitative estimate of drug-likeness (QED) is 0.378. The number of hydrogen-bond donors (Lipinski definition) is 0. The fourth-order valence-corrected chi connectivity index (χ4v) is 4.97. The molecule has 1 aromatic carbocycles. The number of carbonyl (C=O) groups excluding carboxylic acids is 1. The molecule has 0 N–H and O–H groups in total. The van der Waals surface area contributed by atoms with Crippen molar-refractivity contribution in [2.45, 2.75) is 6.54 Å². The van der Waals surface area contributed by atoms with Crippen LogP contribution < -0.4 is 0 Å². The molecule has 5 heterocycles. The standard InChI is InChI=1S/C25H22FN7OS/c26-18-6-8-20(9-7-18)33-24(21-4-3-15-35-21)28-23(29-33)25(34)31-13-11-30(12-14-31)16-19-17-32-10-2-1-5-22(32)27-19/h1-10,15,17H,11-14,16H2. The van der Waals surface area contributed by atoms with Gasteiger partial charge in [-0.1, -0.05) is 12.1 Å². The van der Waals surface area contributed by atoms with Gasteiger partial charge in [0.15, 0.2) is 5.82 Å². The first-order chi connectivity index (χ1) is 17.1. The third-order valence-electron chi connectivity index (χ3n) is 6.07. The minimum absolute atomic E-state index is 0.145. The minimum atomic E-state index is -0.329. The lowest BCUT2D eigenvalue weighted by molar-refractivity contribution is 0.0615. The predicted octanol–water partition coefficient (Wildman–Crippen LogP) is 3.74. The summed E-state index contributed by atoms with van der Waals surface area (Å²) < 4.78 is 17.1. The molecule has 0 spiro atoms. The first kappa shape index (κ1) is 21.6. The zero-order chi connectivity index (χ0) is 23.8. The molecule has 1 saturated heterocycles. The van der Waals surface area contributed by atoms with Crippen molar-refractivity contribution in [2.24, 2.45) is 0 Å². The molecule has 0 saturated carbocycles. The Morgan fingerprint density at radius 1 is 0.971 bits per heavy atom. The van der Waals surface area contributed by atoms with Gasteiger partial charge in [0.05, 0.1) is 16.3 Å². The van der Waals surface area contributed by atoms with E-state index in [1.807, 2.05) is 52.5 Å². The number of thiophene rings is 1. The summed E-state index contributed by atoms with van der Waals surface area (Å²) in [6.07, 6.45) is 4.04. The van der Waals surface area contributed by atoms with Crippen LogP contribution in [0.3, 0.4) is 0 Å². The van der Waals surface area contributed by atoms with Crippen LogP contribution in [-0.4, -0.2) is 66.0 Å². The van der Waals surface area contributed by atoms with Crippen LogP contribution in [0.5, 0.6) is 0 Å². The third-order valence-corrected chi connectivity index (χ3v) is 6.94. The lowest BCUT2D eigenvalue weighted by Crippen LogP contribution is -2.48. The van der Waals surface area contributed by atoms with Gasteiger partial charge >= 0.3 is 0 Å². The van der Waals surface area contributed by atoms with Gasteiger partial charge in [0.1, 0.15) is 11.5 Å². The highest BCUT2D eigenvalue weighted by molar-refractivity contribution is 7.13. The molecule has 1 fully saturated rings. The largest absolute Gasteiger partial charge is 0.333 e. The number of halogens is 1. The van der Waals surface area contributed by atoms with Gasteiger partial charge in [-0.15, -0.1) is 16.4 Å². The SMILES string of the molecule is O=C(c1nc(-c2cccs2)n(-c2ccc(F)cc2)n1)N1CCN(Cc2cn3ccccc3n2)CC1. The van der Waals surface area contributed by atoms with Crippen molar-refractivity contribution >= 4 is 22.9 Å². The van der Waals surface area contributed by atoms with Crippen LogP contribution in [0.2, 0.25) is 0 Å². The summed E-state index contributed by atoms with van der Waals surface area (Å²) in [4.78, 5) is 27.5. The number of amides is 1. The Morgan fingerprint density at radius 3 is 2.54 bits per heavy atom. The van der Waals surface area contributed by atoms with E-state index < -0.39 is 0 Å². The number of nitrogens with zero attached hydrogens (tertiary/aromatic N) is 7. The third kappa shape index (κ3) is 4.33. The second-order valence-corrected chi connectivity index (χ2v) is 9.34. The number of piperazine rings is 1. The monoisotopic (exact) mass is 487 g/mol. The van der Waals surface area contributed by atoms with Crippen LogP contribution in [0, 0.1) is 5.82 Å².